The van der Waals surface area contributed by atoms with E-state index in [9.17, 15) is 9.59 Å². The van der Waals surface area contributed by atoms with Gasteiger partial charge in [0.2, 0.25) is 11.8 Å². The van der Waals surface area contributed by atoms with Gasteiger partial charge in [-0.05, 0) is 51.0 Å². The third-order valence-corrected chi connectivity index (χ3v) is 4.98. The molecule has 0 saturated heterocycles. The minimum Gasteiger partial charge on any atom is -0.496 e. The normalized spacial score (nSPS) is 11.7. The van der Waals surface area contributed by atoms with Crippen LogP contribution >= 0.6 is 0 Å². The Labute approximate surface area is 173 Å². The Morgan fingerprint density at radius 1 is 1.24 bits per heavy atom. The average Bonchev–Trinajstić information content (AvgIpc) is 3.22. The summed E-state index contributed by atoms with van der Waals surface area (Å²) in [7, 11) is 1.65. The molecule has 1 atom stereocenters. The number of hydrogen-bond acceptors (Lipinski definition) is 4. The SMILES string of the molecule is CCN(CC)C(=O)CCCC(=O)N[C@H](C)c1ccc(OC)c(Cn2cccn2)c1. The summed E-state index contributed by atoms with van der Waals surface area (Å²) in [5, 5.41) is 7.27. The third kappa shape index (κ3) is 6.62. The molecule has 2 aromatic rings. The maximum atomic E-state index is 12.3. The predicted molar refractivity (Wildman–Crippen MR) is 113 cm³/mol. The molecule has 0 fully saturated rings. The fourth-order valence-electron chi connectivity index (χ4n) is 3.29. The van der Waals surface area contributed by atoms with Gasteiger partial charge >= 0.3 is 0 Å². The van der Waals surface area contributed by atoms with Gasteiger partial charge in [-0.3, -0.25) is 14.3 Å². The first-order valence-corrected chi connectivity index (χ1v) is 10.2. The van der Waals surface area contributed by atoms with E-state index in [1.54, 1.807) is 18.2 Å². The zero-order valence-corrected chi connectivity index (χ0v) is 17.9. The second-order valence-electron chi connectivity index (χ2n) is 6.98. The number of benzene rings is 1. The van der Waals surface area contributed by atoms with Crippen molar-refractivity contribution in [3.63, 3.8) is 0 Å². The van der Waals surface area contributed by atoms with Gasteiger partial charge in [0.25, 0.3) is 0 Å². The van der Waals surface area contributed by atoms with E-state index in [0.717, 1.165) is 16.9 Å². The predicted octanol–water partition coefficient (Wildman–Crippen LogP) is 3.16. The maximum Gasteiger partial charge on any atom is 0.222 e. The van der Waals surface area contributed by atoms with E-state index in [1.165, 1.54) is 0 Å². The molecule has 0 aliphatic carbocycles. The van der Waals surface area contributed by atoms with Gasteiger partial charge in [0, 0.05) is 43.9 Å². The molecule has 2 amide bonds. The number of nitrogens with one attached hydrogen (secondary N) is 1. The number of ether oxygens (including phenoxy) is 1. The molecule has 7 heteroatoms. The van der Waals surface area contributed by atoms with Crippen LogP contribution < -0.4 is 10.1 Å². The van der Waals surface area contributed by atoms with Crippen LogP contribution in [0.15, 0.2) is 36.7 Å². The van der Waals surface area contributed by atoms with Gasteiger partial charge in [0.1, 0.15) is 5.75 Å². The van der Waals surface area contributed by atoms with Gasteiger partial charge in [-0.2, -0.15) is 5.10 Å². The largest absolute Gasteiger partial charge is 0.496 e. The molecule has 0 radical (unpaired) electrons. The van der Waals surface area contributed by atoms with E-state index in [4.69, 9.17) is 4.74 Å². The molecule has 1 N–H and O–H groups in total. The Kier molecular flexibility index (Phi) is 8.70. The highest BCUT2D eigenvalue weighted by atomic mass is 16.5. The first-order chi connectivity index (χ1) is 14.0. The summed E-state index contributed by atoms with van der Waals surface area (Å²) in [5.74, 6) is 0.848. The number of nitrogens with zero attached hydrogens (tertiary/aromatic N) is 3. The van der Waals surface area contributed by atoms with Gasteiger partial charge in [-0.15, -0.1) is 0 Å². The number of aromatic nitrogens is 2. The van der Waals surface area contributed by atoms with E-state index < -0.39 is 0 Å². The Bertz CT molecular complexity index is 785. The lowest BCUT2D eigenvalue weighted by atomic mass is 10.0. The lowest BCUT2D eigenvalue weighted by molar-refractivity contribution is -0.131. The molecular formula is C22H32N4O3. The highest BCUT2D eigenvalue weighted by molar-refractivity contribution is 5.79. The summed E-state index contributed by atoms with van der Waals surface area (Å²) in [4.78, 5) is 26.1. The fourth-order valence-corrected chi connectivity index (χ4v) is 3.29. The van der Waals surface area contributed by atoms with Crippen molar-refractivity contribution >= 4 is 11.8 Å². The lowest BCUT2D eigenvalue weighted by Gasteiger charge is -2.19. The van der Waals surface area contributed by atoms with E-state index in [-0.39, 0.29) is 17.9 Å². The van der Waals surface area contributed by atoms with Gasteiger partial charge in [0.15, 0.2) is 0 Å². The van der Waals surface area contributed by atoms with E-state index in [0.29, 0.717) is 38.9 Å². The van der Waals surface area contributed by atoms with E-state index in [2.05, 4.69) is 10.4 Å². The van der Waals surface area contributed by atoms with Crippen LogP contribution in [-0.4, -0.2) is 46.7 Å². The Morgan fingerprint density at radius 2 is 2.00 bits per heavy atom. The number of carbonyl (C=O) groups excluding carboxylic acids is 2. The van der Waals surface area contributed by atoms with Crippen LogP contribution in [0.3, 0.4) is 0 Å². The molecule has 0 unspecified atom stereocenters. The zero-order chi connectivity index (χ0) is 21.2. The van der Waals surface area contributed by atoms with Crippen molar-refractivity contribution in [3.8, 4) is 5.75 Å². The Hall–Kier alpha value is -2.83. The standard InChI is InChI=1S/C22H32N4O3/c1-5-25(6-2)22(28)10-7-9-21(27)24-17(3)18-11-12-20(29-4)19(15-18)16-26-14-8-13-23-26/h8,11-15,17H,5-7,9-10,16H2,1-4H3,(H,24,27)/t17-/m1/s1. The van der Waals surface area contributed by atoms with Crippen LogP contribution in [0, 0.1) is 0 Å². The summed E-state index contributed by atoms with van der Waals surface area (Å²) in [6.07, 6.45) is 4.94. The lowest BCUT2D eigenvalue weighted by Crippen LogP contribution is -2.31. The molecule has 0 saturated carbocycles. The third-order valence-electron chi connectivity index (χ3n) is 4.98. The van der Waals surface area contributed by atoms with Crippen molar-refractivity contribution < 1.29 is 14.3 Å². The van der Waals surface area contributed by atoms with E-state index in [1.807, 2.05) is 55.9 Å². The van der Waals surface area contributed by atoms with Crippen molar-refractivity contribution in [1.29, 1.82) is 0 Å². The minimum absolute atomic E-state index is 0.0470. The van der Waals surface area contributed by atoms with Crippen LogP contribution in [0.2, 0.25) is 0 Å². The molecule has 0 spiro atoms. The zero-order valence-electron chi connectivity index (χ0n) is 17.9. The fraction of sp³-hybridized carbons (Fsp3) is 0.500. The quantitative estimate of drug-likeness (QED) is 0.629. The van der Waals surface area contributed by atoms with E-state index >= 15 is 0 Å². The topological polar surface area (TPSA) is 76.5 Å². The Balaban J connectivity index is 1.91. The molecular weight excluding hydrogens is 368 g/mol. The number of amides is 2. The van der Waals surface area contributed by atoms with Crippen molar-refractivity contribution in [3.05, 3.63) is 47.8 Å². The summed E-state index contributed by atoms with van der Waals surface area (Å²) < 4.78 is 7.29. The smallest absolute Gasteiger partial charge is 0.222 e. The number of methoxy groups -OCH3 is 1. The Morgan fingerprint density at radius 3 is 2.62 bits per heavy atom. The summed E-state index contributed by atoms with van der Waals surface area (Å²) in [6, 6.07) is 7.66. The molecule has 2 rings (SSSR count). The first-order valence-electron chi connectivity index (χ1n) is 10.2. The van der Waals surface area contributed by atoms with Crippen LogP contribution in [-0.2, 0) is 16.1 Å². The number of hydrogen-bond donors (Lipinski definition) is 1. The molecule has 158 valence electrons. The summed E-state index contributed by atoms with van der Waals surface area (Å²) in [6.45, 7) is 7.89. The van der Waals surface area contributed by atoms with Gasteiger partial charge < -0.3 is 15.0 Å². The molecule has 7 nitrogen and oxygen atoms in total. The van der Waals surface area contributed by atoms with Crippen molar-refractivity contribution in [2.75, 3.05) is 20.2 Å². The minimum atomic E-state index is -0.136. The van der Waals surface area contributed by atoms with Gasteiger partial charge in [-0.1, -0.05) is 6.07 Å². The average molecular weight is 401 g/mol. The van der Waals surface area contributed by atoms with Crippen molar-refractivity contribution in [2.24, 2.45) is 0 Å². The summed E-state index contributed by atoms with van der Waals surface area (Å²) in [5.41, 5.74) is 2.00. The second kappa shape index (κ2) is 11.2. The molecule has 0 aliphatic rings. The van der Waals surface area contributed by atoms with Crippen LogP contribution in [0.1, 0.15) is 57.2 Å². The van der Waals surface area contributed by atoms with Gasteiger partial charge in [-0.25, -0.2) is 0 Å². The summed E-state index contributed by atoms with van der Waals surface area (Å²) >= 11 is 0. The first kappa shape index (κ1) is 22.5. The molecule has 1 heterocycles. The highest BCUT2D eigenvalue weighted by Gasteiger charge is 2.14. The number of rotatable bonds is 11. The number of carbonyl (C=O) groups is 2. The highest BCUT2D eigenvalue weighted by Crippen LogP contribution is 2.24. The molecule has 1 aromatic heterocycles. The van der Waals surface area contributed by atoms with Crippen LogP contribution in [0.25, 0.3) is 0 Å². The van der Waals surface area contributed by atoms with Crippen molar-refractivity contribution in [1.82, 2.24) is 20.0 Å². The molecule has 0 aliphatic heterocycles. The molecule has 1 aromatic carbocycles. The molecule has 0 bridgehead atoms. The van der Waals surface area contributed by atoms with Crippen molar-refractivity contribution in [2.45, 2.75) is 52.6 Å². The monoisotopic (exact) mass is 400 g/mol. The maximum absolute atomic E-state index is 12.3. The van der Waals surface area contributed by atoms with Gasteiger partial charge in [0.05, 0.1) is 19.7 Å². The second-order valence-corrected chi connectivity index (χ2v) is 6.98. The van der Waals surface area contributed by atoms with Crippen LogP contribution in [0.5, 0.6) is 5.75 Å². The molecule has 29 heavy (non-hydrogen) atoms. The van der Waals surface area contributed by atoms with Crippen LogP contribution in [0.4, 0.5) is 0 Å².